The molecule has 9 heteroatoms. The van der Waals surface area contributed by atoms with Crippen molar-refractivity contribution in [2.24, 2.45) is 0 Å². The number of nitrogens with one attached hydrogen (secondary N) is 2. The number of hydrogen-bond donors (Lipinski definition) is 3. The quantitative estimate of drug-likeness (QED) is 0.404. The number of carboxylic acid groups (broad SMARTS) is 1. The number of aryl methyl sites for hydroxylation is 2. The molecular formula is C25H25N5O4. The number of rotatable bonds is 6. The zero-order valence-electron chi connectivity index (χ0n) is 19.3. The normalized spacial score (nSPS) is 11.2. The molecule has 174 valence electrons. The fourth-order valence-electron chi connectivity index (χ4n) is 3.91. The fourth-order valence-corrected chi connectivity index (χ4v) is 3.91. The first-order chi connectivity index (χ1) is 16.2. The molecule has 9 nitrogen and oxygen atoms in total. The molecule has 0 unspecified atom stereocenters. The first-order valence-corrected chi connectivity index (χ1v) is 10.8. The first kappa shape index (κ1) is 22.9. The fraction of sp³-hybridized carbons (Fsp3) is 0.240. The molecule has 1 amide bonds. The van der Waals surface area contributed by atoms with E-state index in [9.17, 15) is 19.5 Å². The summed E-state index contributed by atoms with van der Waals surface area (Å²) in [6.07, 6.45) is 1.60. The predicted octanol–water partition coefficient (Wildman–Crippen LogP) is 3.61. The molecule has 0 bridgehead atoms. The van der Waals surface area contributed by atoms with E-state index >= 15 is 0 Å². The van der Waals surface area contributed by atoms with Crippen LogP contribution >= 0.6 is 0 Å². The number of hydrogen-bond acceptors (Lipinski definition) is 5. The second kappa shape index (κ2) is 8.93. The number of aromatic nitrogens is 4. The Morgan fingerprint density at radius 1 is 1.18 bits per heavy atom. The Morgan fingerprint density at radius 2 is 1.94 bits per heavy atom. The molecule has 0 saturated carbocycles. The maximum Gasteiger partial charge on any atom is 0.335 e. The molecular weight excluding hydrogens is 434 g/mol. The number of carboxylic acids is 1. The van der Waals surface area contributed by atoms with Crippen LogP contribution in [0.2, 0.25) is 0 Å². The summed E-state index contributed by atoms with van der Waals surface area (Å²) in [4.78, 5) is 44.5. The minimum Gasteiger partial charge on any atom is -0.478 e. The molecule has 0 spiro atoms. The highest BCUT2D eigenvalue weighted by Gasteiger charge is 2.19. The van der Waals surface area contributed by atoms with Crippen molar-refractivity contribution in [1.29, 1.82) is 0 Å². The van der Waals surface area contributed by atoms with Crippen LogP contribution in [0.4, 0.5) is 0 Å². The summed E-state index contributed by atoms with van der Waals surface area (Å²) in [7, 11) is 0. The monoisotopic (exact) mass is 459 g/mol. The van der Waals surface area contributed by atoms with Gasteiger partial charge in [-0.2, -0.15) is 5.10 Å². The van der Waals surface area contributed by atoms with Crippen LogP contribution < -0.4 is 10.9 Å². The standard InChI is InChI=1S/C25H25N5O4/c1-13(2)30-22-20(12-27-30)18(10-21(29-22)16-6-5-7-17(9-16)25(33)34)23(31)26-11-19-14(3)8-15(4)28-24(19)32/h5-10,12-13H,11H2,1-4H3,(H,26,31)(H,28,32)(H,33,34). The van der Waals surface area contributed by atoms with E-state index in [2.05, 4.69) is 15.4 Å². The number of amides is 1. The molecule has 4 rings (SSSR count). The average Bonchev–Trinajstić information content (AvgIpc) is 3.22. The molecule has 0 radical (unpaired) electrons. The van der Waals surface area contributed by atoms with E-state index < -0.39 is 5.97 Å². The summed E-state index contributed by atoms with van der Waals surface area (Å²) >= 11 is 0. The van der Waals surface area contributed by atoms with Crippen molar-refractivity contribution in [3.05, 3.63) is 80.9 Å². The van der Waals surface area contributed by atoms with Gasteiger partial charge in [-0.15, -0.1) is 0 Å². The Kier molecular flexibility index (Phi) is 6.02. The molecule has 0 saturated heterocycles. The van der Waals surface area contributed by atoms with Gasteiger partial charge in [-0.25, -0.2) is 14.5 Å². The van der Waals surface area contributed by atoms with Crippen LogP contribution in [0.1, 0.15) is 57.4 Å². The number of nitrogens with zero attached hydrogens (tertiary/aromatic N) is 3. The van der Waals surface area contributed by atoms with Gasteiger partial charge in [-0.3, -0.25) is 9.59 Å². The average molecular weight is 460 g/mol. The lowest BCUT2D eigenvalue weighted by Crippen LogP contribution is -2.28. The molecule has 0 aliphatic carbocycles. The summed E-state index contributed by atoms with van der Waals surface area (Å²) in [6, 6.07) is 9.87. The van der Waals surface area contributed by atoms with Gasteiger partial charge in [0.25, 0.3) is 11.5 Å². The van der Waals surface area contributed by atoms with Gasteiger partial charge in [-0.05, 0) is 57.5 Å². The van der Waals surface area contributed by atoms with Crippen molar-refractivity contribution < 1.29 is 14.7 Å². The maximum atomic E-state index is 13.3. The molecule has 1 aromatic carbocycles. The minimum absolute atomic E-state index is 0.00437. The molecule has 3 heterocycles. The third-order valence-electron chi connectivity index (χ3n) is 5.63. The summed E-state index contributed by atoms with van der Waals surface area (Å²) in [5.41, 5.74) is 3.79. The van der Waals surface area contributed by atoms with Gasteiger partial charge in [0.05, 0.1) is 28.4 Å². The van der Waals surface area contributed by atoms with E-state index in [4.69, 9.17) is 4.98 Å². The second-order valence-corrected chi connectivity index (χ2v) is 8.49. The molecule has 0 atom stereocenters. The van der Waals surface area contributed by atoms with Crippen molar-refractivity contribution in [2.75, 3.05) is 0 Å². The summed E-state index contributed by atoms with van der Waals surface area (Å²) in [5.74, 6) is -1.43. The summed E-state index contributed by atoms with van der Waals surface area (Å²) in [6.45, 7) is 7.61. The Bertz CT molecular complexity index is 1480. The van der Waals surface area contributed by atoms with Crippen LogP contribution in [0, 0.1) is 13.8 Å². The van der Waals surface area contributed by atoms with Gasteiger partial charge >= 0.3 is 5.97 Å². The van der Waals surface area contributed by atoms with Crippen LogP contribution in [-0.4, -0.2) is 36.7 Å². The van der Waals surface area contributed by atoms with E-state index in [0.29, 0.717) is 33.4 Å². The van der Waals surface area contributed by atoms with Crippen LogP contribution in [-0.2, 0) is 6.54 Å². The highest BCUT2D eigenvalue weighted by molar-refractivity contribution is 6.06. The number of carbonyl (C=O) groups is 2. The number of aromatic amines is 1. The smallest absolute Gasteiger partial charge is 0.335 e. The Hall–Kier alpha value is -4.27. The Labute approximate surface area is 195 Å². The van der Waals surface area contributed by atoms with Gasteiger partial charge in [0.1, 0.15) is 0 Å². The maximum absolute atomic E-state index is 13.3. The third-order valence-corrected chi connectivity index (χ3v) is 5.63. The van der Waals surface area contributed by atoms with Gasteiger partial charge in [0.2, 0.25) is 0 Å². The number of H-pyrrole nitrogens is 1. The van der Waals surface area contributed by atoms with Gasteiger partial charge in [0.15, 0.2) is 5.65 Å². The summed E-state index contributed by atoms with van der Waals surface area (Å²) in [5, 5.41) is 17.2. The zero-order chi connectivity index (χ0) is 24.6. The largest absolute Gasteiger partial charge is 0.478 e. The van der Waals surface area contributed by atoms with Crippen molar-refractivity contribution in [3.63, 3.8) is 0 Å². The van der Waals surface area contributed by atoms with E-state index in [1.807, 2.05) is 26.8 Å². The SMILES string of the molecule is Cc1cc(C)c(CNC(=O)c2cc(-c3cccc(C(=O)O)c3)nc3c2cnn3C(C)C)c(=O)[nH]1. The number of pyridine rings is 2. The lowest BCUT2D eigenvalue weighted by atomic mass is 10.0. The van der Waals surface area contributed by atoms with Gasteiger partial charge in [0, 0.05) is 29.4 Å². The topological polar surface area (TPSA) is 130 Å². The molecule has 3 N–H and O–H groups in total. The number of carbonyl (C=O) groups excluding carboxylic acids is 1. The highest BCUT2D eigenvalue weighted by Crippen LogP contribution is 2.27. The van der Waals surface area contributed by atoms with Gasteiger partial charge in [-0.1, -0.05) is 12.1 Å². The van der Waals surface area contributed by atoms with Crippen molar-refractivity contribution in [1.82, 2.24) is 25.1 Å². The van der Waals surface area contributed by atoms with Crippen molar-refractivity contribution >= 4 is 22.9 Å². The van der Waals surface area contributed by atoms with Crippen LogP contribution in [0.3, 0.4) is 0 Å². The van der Waals surface area contributed by atoms with Crippen molar-refractivity contribution in [2.45, 2.75) is 40.3 Å². The molecule has 0 aliphatic heterocycles. The lowest BCUT2D eigenvalue weighted by molar-refractivity contribution is 0.0696. The second-order valence-electron chi connectivity index (χ2n) is 8.49. The number of benzene rings is 1. The summed E-state index contributed by atoms with van der Waals surface area (Å²) < 4.78 is 1.71. The third kappa shape index (κ3) is 4.32. The van der Waals surface area contributed by atoms with Crippen LogP contribution in [0.15, 0.2) is 47.4 Å². The van der Waals surface area contributed by atoms with Crippen molar-refractivity contribution in [3.8, 4) is 11.3 Å². The van der Waals surface area contributed by atoms with Crippen LogP contribution in [0.25, 0.3) is 22.3 Å². The molecule has 4 aromatic rings. The van der Waals surface area contributed by atoms with Crippen LogP contribution in [0.5, 0.6) is 0 Å². The van der Waals surface area contributed by atoms with E-state index in [1.165, 1.54) is 12.1 Å². The zero-order valence-corrected chi connectivity index (χ0v) is 19.3. The molecule has 34 heavy (non-hydrogen) atoms. The highest BCUT2D eigenvalue weighted by atomic mass is 16.4. The van der Waals surface area contributed by atoms with E-state index in [0.717, 1.165) is 11.3 Å². The minimum atomic E-state index is -1.05. The molecule has 0 aliphatic rings. The number of aromatic carboxylic acids is 1. The lowest BCUT2D eigenvalue weighted by Gasteiger charge is -2.12. The first-order valence-electron chi connectivity index (χ1n) is 10.8. The predicted molar refractivity (Wildman–Crippen MR) is 128 cm³/mol. The van der Waals surface area contributed by atoms with Gasteiger partial charge < -0.3 is 15.4 Å². The van der Waals surface area contributed by atoms with E-state index in [-0.39, 0.29) is 29.6 Å². The Morgan fingerprint density at radius 3 is 2.62 bits per heavy atom. The molecule has 0 fully saturated rings. The number of fused-ring (bicyclic) bond motifs is 1. The Balaban J connectivity index is 1.78. The van der Waals surface area contributed by atoms with E-state index in [1.54, 1.807) is 36.0 Å². The molecule has 3 aromatic heterocycles.